The van der Waals surface area contributed by atoms with Crippen LogP contribution < -0.4 is 4.74 Å². The van der Waals surface area contributed by atoms with Crippen LogP contribution in [0.1, 0.15) is 32.0 Å². The van der Waals surface area contributed by atoms with E-state index >= 15 is 0 Å². The Hall–Kier alpha value is -3.66. The van der Waals surface area contributed by atoms with Crippen LogP contribution in [0.4, 0.5) is 0 Å². The molecular weight excluding hydrogens is 370 g/mol. The van der Waals surface area contributed by atoms with E-state index < -0.39 is 0 Å². The zero-order valence-electron chi connectivity index (χ0n) is 17.4. The molecule has 2 aromatic carbocycles. The Kier molecular flexibility index (Phi) is 4.10. The van der Waals surface area contributed by atoms with Gasteiger partial charge in [0.05, 0.1) is 27.5 Å². The smallest absolute Gasteiger partial charge is 0.139 e. The average Bonchev–Trinajstić information content (AvgIpc) is 3.13. The number of nitrogens with zero attached hydrogens (tertiary/aromatic N) is 3. The largest absolute Gasteiger partial charge is 0.457 e. The minimum Gasteiger partial charge on any atom is -0.457 e. The first-order valence-corrected chi connectivity index (χ1v) is 10.1. The molecule has 30 heavy (non-hydrogen) atoms. The highest BCUT2D eigenvalue weighted by Crippen LogP contribution is 2.34. The first-order chi connectivity index (χ1) is 14.4. The van der Waals surface area contributed by atoms with E-state index in [1.54, 1.807) is 0 Å². The van der Waals surface area contributed by atoms with Gasteiger partial charge in [0.15, 0.2) is 0 Å². The van der Waals surface area contributed by atoms with Crippen LogP contribution in [0.3, 0.4) is 0 Å². The van der Waals surface area contributed by atoms with Gasteiger partial charge in [0.2, 0.25) is 0 Å². The number of aromatic nitrogens is 3. The molecule has 0 aliphatic heterocycles. The Labute approximate surface area is 175 Å². The number of rotatable bonds is 3. The van der Waals surface area contributed by atoms with E-state index in [1.165, 1.54) is 0 Å². The molecule has 0 aliphatic rings. The third-order valence-corrected chi connectivity index (χ3v) is 5.34. The highest BCUT2D eigenvalue weighted by molar-refractivity contribution is 6.01. The van der Waals surface area contributed by atoms with Crippen molar-refractivity contribution in [1.29, 1.82) is 0 Å². The van der Waals surface area contributed by atoms with Gasteiger partial charge < -0.3 is 4.74 Å². The molecule has 0 saturated carbocycles. The van der Waals surface area contributed by atoms with Gasteiger partial charge in [-0.1, -0.05) is 51.6 Å². The lowest BCUT2D eigenvalue weighted by molar-refractivity contribution is 0.488. The fraction of sp³-hybridized carbons (Fsp3) is 0.154. The second-order valence-corrected chi connectivity index (χ2v) is 8.51. The third-order valence-electron chi connectivity index (χ3n) is 5.34. The molecule has 0 N–H and O–H groups in total. The Balaban J connectivity index is 1.68. The number of hydrogen-bond donors (Lipinski definition) is 0. The highest BCUT2D eigenvalue weighted by Gasteiger charge is 2.18. The van der Waals surface area contributed by atoms with E-state index in [0.717, 1.165) is 50.2 Å². The normalized spacial score (nSPS) is 12.0. The molecule has 0 atom stereocenters. The molecule has 4 nitrogen and oxygen atoms in total. The fourth-order valence-corrected chi connectivity index (χ4v) is 3.69. The Morgan fingerprint density at radius 3 is 2.37 bits per heavy atom. The minimum absolute atomic E-state index is 0.000133. The van der Waals surface area contributed by atoms with Crippen LogP contribution in [0.2, 0.25) is 0 Å². The molecule has 0 saturated heterocycles. The van der Waals surface area contributed by atoms with Crippen LogP contribution in [0, 0.1) is 0 Å². The number of benzene rings is 2. The Morgan fingerprint density at radius 2 is 1.63 bits per heavy atom. The van der Waals surface area contributed by atoms with Crippen molar-refractivity contribution in [2.45, 2.75) is 26.2 Å². The van der Waals surface area contributed by atoms with Crippen LogP contribution in [0.5, 0.6) is 11.5 Å². The standard InChI is InChI=1S/C26H23N3O/c1-5-17-9-11-18(12-10-17)30-23-8-6-7-20-25(23)22-14-13-19-21(29(22)28-20)15-16-24(27-19)26(2,3)4/h5-16H,1H2,2-4H3. The molecule has 5 rings (SSSR count). The number of fused-ring (bicyclic) bond motifs is 5. The van der Waals surface area contributed by atoms with E-state index in [1.807, 2.05) is 53.1 Å². The van der Waals surface area contributed by atoms with E-state index in [4.69, 9.17) is 14.8 Å². The third kappa shape index (κ3) is 3.01. The first kappa shape index (κ1) is 18.4. The zero-order chi connectivity index (χ0) is 20.9. The van der Waals surface area contributed by atoms with Crippen LogP contribution in [-0.4, -0.2) is 14.6 Å². The summed E-state index contributed by atoms with van der Waals surface area (Å²) in [6.07, 6.45) is 1.82. The van der Waals surface area contributed by atoms with Gasteiger partial charge in [0.25, 0.3) is 0 Å². The van der Waals surface area contributed by atoms with Gasteiger partial charge in [-0.15, -0.1) is 0 Å². The monoisotopic (exact) mass is 393 g/mol. The summed E-state index contributed by atoms with van der Waals surface area (Å²) >= 11 is 0. The Morgan fingerprint density at radius 1 is 0.867 bits per heavy atom. The first-order valence-electron chi connectivity index (χ1n) is 10.1. The van der Waals surface area contributed by atoms with Gasteiger partial charge >= 0.3 is 0 Å². The second-order valence-electron chi connectivity index (χ2n) is 8.51. The summed E-state index contributed by atoms with van der Waals surface area (Å²) in [6, 6.07) is 22.2. The number of ether oxygens (including phenoxy) is 1. The molecule has 0 spiro atoms. The predicted octanol–water partition coefficient (Wildman–Crippen LogP) is 6.77. The summed E-state index contributed by atoms with van der Waals surface area (Å²) in [5.74, 6) is 1.57. The molecule has 0 unspecified atom stereocenters. The molecule has 0 bridgehead atoms. The summed E-state index contributed by atoms with van der Waals surface area (Å²) < 4.78 is 8.20. The van der Waals surface area contributed by atoms with Gasteiger partial charge in [-0.25, -0.2) is 4.52 Å². The molecule has 0 radical (unpaired) electrons. The van der Waals surface area contributed by atoms with E-state index in [0.29, 0.717) is 0 Å². The maximum Gasteiger partial charge on any atom is 0.139 e. The predicted molar refractivity (Wildman–Crippen MR) is 123 cm³/mol. The van der Waals surface area contributed by atoms with Gasteiger partial charge in [-0.2, -0.15) is 5.10 Å². The maximum absolute atomic E-state index is 6.23. The molecule has 148 valence electrons. The second kappa shape index (κ2) is 6.70. The summed E-state index contributed by atoms with van der Waals surface area (Å²) in [7, 11) is 0. The van der Waals surface area contributed by atoms with Crippen LogP contribution >= 0.6 is 0 Å². The van der Waals surface area contributed by atoms with Crippen molar-refractivity contribution in [3.8, 4) is 11.5 Å². The van der Waals surface area contributed by atoms with Crippen molar-refractivity contribution >= 4 is 33.5 Å². The maximum atomic E-state index is 6.23. The molecule has 0 amide bonds. The van der Waals surface area contributed by atoms with Gasteiger partial charge in [-0.05, 0) is 54.1 Å². The Bertz CT molecular complexity index is 1410. The summed E-state index contributed by atoms with van der Waals surface area (Å²) in [5.41, 5.74) is 5.94. The topological polar surface area (TPSA) is 39.4 Å². The van der Waals surface area contributed by atoms with E-state index in [-0.39, 0.29) is 5.41 Å². The van der Waals surface area contributed by atoms with Crippen molar-refractivity contribution in [2.75, 3.05) is 0 Å². The van der Waals surface area contributed by atoms with E-state index in [9.17, 15) is 0 Å². The zero-order valence-corrected chi connectivity index (χ0v) is 17.4. The molecule has 0 aliphatic carbocycles. The number of hydrogen-bond acceptors (Lipinski definition) is 3. The molecule has 3 aromatic heterocycles. The average molecular weight is 393 g/mol. The SMILES string of the molecule is C=Cc1ccc(Oc2cccc3nn4c5ccc(C(C)(C)C)nc5ccc4c23)cc1. The van der Waals surface area contributed by atoms with Gasteiger partial charge in [0.1, 0.15) is 11.5 Å². The lowest BCUT2D eigenvalue weighted by Crippen LogP contribution is -2.13. The lowest BCUT2D eigenvalue weighted by Gasteiger charge is -2.18. The molecule has 0 fully saturated rings. The van der Waals surface area contributed by atoms with E-state index in [2.05, 4.69) is 51.6 Å². The van der Waals surface area contributed by atoms with Crippen molar-refractivity contribution in [3.05, 3.63) is 84.6 Å². The van der Waals surface area contributed by atoms with Crippen molar-refractivity contribution in [1.82, 2.24) is 14.6 Å². The fourth-order valence-electron chi connectivity index (χ4n) is 3.69. The van der Waals surface area contributed by atoms with Crippen molar-refractivity contribution < 1.29 is 4.74 Å². The molecular formula is C26H23N3O. The van der Waals surface area contributed by atoms with Crippen molar-refractivity contribution in [2.24, 2.45) is 0 Å². The minimum atomic E-state index is 0.000133. The lowest BCUT2D eigenvalue weighted by atomic mass is 9.91. The van der Waals surface area contributed by atoms with Crippen molar-refractivity contribution in [3.63, 3.8) is 0 Å². The quantitative estimate of drug-likeness (QED) is 0.340. The summed E-state index contributed by atoms with van der Waals surface area (Å²) in [5, 5.41) is 5.84. The molecule has 5 aromatic rings. The molecule has 3 heterocycles. The highest BCUT2D eigenvalue weighted by atomic mass is 16.5. The number of pyridine rings is 2. The van der Waals surface area contributed by atoms with Crippen LogP contribution in [-0.2, 0) is 5.41 Å². The molecule has 4 heteroatoms. The van der Waals surface area contributed by atoms with Crippen LogP contribution in [0.15, 0.2) is 73.3 Å². The summed E-state index contributed by atoms with van der Waals surface area (Å²) in [4.78, 5) is 4.87. The van der Waals surface area contributed by atoms with Gasteiger partial charge in [0, 0.05) is 11.1 Å². The van der Waals surface area contributed by atoms with Crippen LogP contribution in [0.25, 0.3) is 33.5 Å². The van der Waals surface area contributed by atoms with Gasteiger partial charge in [-0.3, -0.25) is 4.98 Å². The summed E-state index contributed by atoms with van der Waals surface area (Å²) in [6.45, 7) is 10.3.